The number of carbonyl (C=O) groups is 1. The molecule has 0 heterocycles. The van der Waals surface area contributed by atoms with Gasteiger partial charge < -0.3 is 5.32 Å². The summed E-state index contributed by atoms with van der Waals surface area (Å²) in [7, 11) is 1.47. The number of urea groups is 1. The number of hydrogen-bond acceptors (Lipinski definition) is 2. The minimum atomic E-state index is -0.365. The molecular formula is C9H12ClN3O. The van der Waals surface area contributed by atoms with Gasteiger partial charge >= 0.3 is 6.03 Å². The highest BCUT2D eigenvalue weighted by Crippen LogP contribution is 2.19. The molecule has 0 fully saturated rings. The predicted octanol–water partition coefficient (Wildman–Crippen LogP) is 1.99. The predicted molar refractivity (Wildman–Crippen MR) is 57.2 cm³/mol. The maximum Gasteiger partial charge on any atom is 0.335 e. The lowest BCUT2D eigenvalue weighted by Gasteiger charge is -2.13. The van der Waals surface area contributed by atoms with E-state index in [0.29, 0.717) is 10.7 Å². The van der Waals surface area contributed by atoms with E-state index in [1.54, 1.807) is 18.2 Å². The van der Waals surface area contributed by atoms with Gasteiger partial charge in [0.2, 0.25) is 0 Å². The van der Waals surface area contributed by atoms with Crippen LogP contribution in [-0.4, -0.2) is 18.1 Å². The summed E-state index contributed by atoms with van der Waals surface area (Å²) >= 11 is 5.77. The first-order chi connectivity index (χ1) is 6.50. The molecule has 14 heavy (non-hydrogen) atoms. The summed E-state index contributed by atoms with van der Waals surface area (Å²) in [6.45, 7) is 1.86. The molecule has 0 aliphatic heterocycles. The van der Waals surface area contributed by atoms with Crippen LogP contribution in [0.3, 0.4) is 0 Å². The third-order valence-corrected chi connectivity index (χ3v) is 1.99. The molecular weight excluding hydrogens is 202 g/mol. The Bertz CT molecular complexity index is 352. The van der Waals surface area contributed by atoms with Crippen molar-refractivity contribution in [3.63, 3.8) is 0 Å². The van der Waals surface area contributed by atoms with Gasteiger partial charge in [0.1, 0.15) is 0 Å². The Hall–Kier alpha value is -1.26. The molecule has 0 unspecified atom stereocenters. The lowest BCUT2D eigenvalue weighted by molar-refractivity contribution is 0.223. The monoisotopic (exact) mass is 213 g/mol. The van der Waals surface area contributed by atoms with Crippen LogP contribution in [0.5, 0.6) is 0 Å². The van der Waals surface area contributed by atoms with Gasteiger partial charge in [-0.2, -0.15) is 0 Å². The lowest BCUT2D eigenvalue weighted by Crippen LogP contribution is -2.36. The average molecular weight is 214 g/mol. The highest BCUT2D eigenvalue weighted by Gasteiger charge is 2.06. The number of hydrogen-bond donors (Lipinski definition) is 2. The molecule has 1 aromatic rings. The summed E-state index contributed by atoms with van der Waals surface area (Å²) in [5.74, 6) is 5.26. The normalized spacial score (nSPS) is 9.71. The third kappa shape index (κ3) is 2.61. The zero-order valence-electron chi connectivity index (χ0n) is 8.04. The van der Waals surface area contributed by atoms with Crippen LogP contribution in [0, 0.1) is 6.92 Å². The van der Waals surface area contributed by atoms with Crippen molar-refractivity contribution in [2.45, 2.75) is 6.92 Å². The molecule has 0 saturated heterocycles. The number of nitrogens with two attached hydrogens (primary N) is 1. The number of anilines is 1. The quantitative estimate of drug-likeness (QED) is 0.426. The van der Waals surface area contributed by atoms with Crippen molar-refractivity contribution >= 4 is 23.3 Å². The largest absolute Gasteiger partial charge is 0.335 e. The van der Waals surface area contributed by atoms with Gasteiger partial charge in [-0.05, 0) is 30.7 Å². The van der Waals surface area contributed by atoms with Crippen molar-refractivity contribution in [2.75, 3.05) is 12.4 Å². The second-order valence-corrected chi connectivity index (χ2v) is 3.44. The topological polar surface area (TPSA) is 58.4 Å². The van der Waals surface area contributed by atoms with E-state index in [2.05, 4.69) is 5.32 Å². The van der Waals surface area contributed by atoms with E-state index in [4.69, 9.17) is 17.4 Å². The van der Waals surface area contributed by atoms with Gasteiger partial charge in [-0.3, -0.25) is 5.01 Å². The zero-order valence-corrected chi connectivity index (χ0v) is 8.80. The zero-order chi connectivity index (χ0) is 10.7. The molecule has 4 nitrogen and oxygen atoms in total. The number of nitrogens with one attached hydrogen (secondary N) is 1. The fourth-order valence-corrected chi connectivity index (χ4v) is 1.20. The van der Waals surface area contributed by atoms with Crippen molar-refractivity contribution in [2.24, 2.45) is 5.84 Å². The van der Waals surface area contributed by atoms with E-state index in [1.807, 2.05) is 6.92 Å². The van der Waals surface area contributed by atoms with E-state index in [0.717, 1.165) is 10.6 Å². The van der Waals surface area contributed by atoms with Crippen LogP contribution >= 0.6 is 11.6 Å². The standard InChI is InChI=1S/C9H12ClN3O/c1-6-5-7(10)3-4-8(6)12-9(14)13(2)11/h3-5H,11H2,1-2H3,(H,12,14). The summed E-state index contributed by atoms with van der Waals surface area (Å²) in [6.07, 6.45) is 0. The Labute approximate surface area is 87.6 Å². The third-order valence-electron chi connectivity index (χ3n) is 1.75. The minimum Gasteiger partial charge on any atom is -0.306 e. The lowest BCUT2D eigenvalue weighted by atomic mass is 10.2. The Morgan fingerprint density at radius 3 is 2.71 bits per heavy atom. The summed E-state index contributed by atoms with van der Waals surface area (Å²) in [5.41, 5.74) is 1.60. The van der Waals surface area contributed by atoms with Gasteiger partial charge in [-0.25, -0.2) is 10.6 Å². The smallest absolute Gasteiger partial charge is 0.306 e. The Balaban J connectivity index is 2.82. The fourth-order valence-electron chi connectivity index (χ4n) is 0.971. The molecule has 1 aromatic carbocycles. The van der Waals surface area contributed by atoms with Crippen molar-refractivity contribution in [1.82, 2.24) is 5.01 Å². The molecule has 0 radical (unpaired) electrons. The van der Waals surface area contributed by atoms with Crippen molar-refractivity contribution in [1.29, 1.82) is 0 Å². The van der Waals surface area contributed by atoms with Crippen LogP contribution < -0.4 is 11.2 Å². The van der Waals surface area contributed by atoms with Crippen LogP contribution in [0.15, 0.2) is 18.2 Å². The minimum absolute atomic E-state index is 0.365. The number of amides is 2. The number of carbonyl (C=O) groups excluding carboxylic acids is 1. The number of benzene rings is 1. The molecule has 0 saturated carbocycles. The molecule has 0 aliphatic carbocycles. The number of aryl methyl sites for hydroxylation is 1. The highest BCUT2D eigenvalue weighted by atomic mass is 35.5. The van der Waals surface area contributed by atoms with Gasteiger partial charge in [0.15, 0.2) is 0 Å². The molecule has 0 bridgehead atoms. The summed E-state index contributed by atoms with van der Waals surface area (Å²) in [6, 6.07) is 4.85. The second-order valence-electron chi connectivity index (χ2n) is 3.00. The van der Waals surface area contributed by atoms with Gasteiger partial charge in [0, 0.05) is 17.8 Å². The molecule has 5 heteroatoms. The molecule has 2 amide bonds. The second kappa shape index (κ2) is 4.30. The van der Waals surface area contributed by atoms with E-state index >= 15 is 0 Å². The molecule has 3 N–H and O–H groups in total. The van der Waals surface area contributed by atoms with E-state index < -0.39 is 0 Å². The van der Waals surface area contributed by atoms with Gasteiger partial charge in [-0.1, -0.05) is 11.6 Å². The molecule has 0 aromatic heterocycles. The molecule has 76 valence electrons. The number of nitrogens with zero attached hydrogens (tertiary/aromatic N) is 1. The van der Waals surface area contributed by atoms with Crippen LogP contribution in [0.4, 0.5) is 10.5 Å². The van der Waals surface area contributed by atoms with Crippen LogP contribution in [0.2, 0.25) is 5.02 Å². The van der Waals surface area contributed by atoms with Crippen molar-refractivity contribution in [3.05, 3.63) is 28.8 Å². The van der Waals surface area contributed by atoms with Gasteiger partial charge in [0.05, 0.1) is 0 Å². The number of halogens is 1. The maximum absolute atomic E-state index is 11.2. The van der Waals surface area contributed by atoms with Crippen molar-refractivity contribution in [3.8, 4) is 0 Å². The van der Waals surface area contributed by atoms with E-state index in [9.17, 15) is 4.79 Å². The molecule has 0 aliphatic rings. The Kier molecular flexibility index (Phi) is 3.33. The van der Waals surface area contributed by atoms with Gasteiger partial charge in [0.25, 0.3) is 0 Å². The average Bonchev–Trinajstić information content (AvgIpc) is 2.09. The SMILES string of the molecule is Cc1cc(Cl)ccc1NC(=O)N(C)N. The number of rotatable bonds is 1. The van der Waals surface area contributed by atoms with Gasteiger partial charge in [-0.15, -0.1) is 0 Å². The molecule has 0 atom stereocenters. The molecule has 1 rings (SSSR count). The van der Waals surface area contributed by atoms with Crippen LogP contribution in [-0.2, 0) is 0 Å². The maximum atomic E-state index is 11.2. The van der Waals surface area contributed by atoms with E-state index in [-0.39, 0.29) is 6.03 Å². The summed E-state index contributed by atoms with van der Waals surface area (Å²) in [5, 5.41) is 4.26. The summed E-state index contributed by atoms with van der Waals surface area (Å²) in [4.78, 5) is 11.2. The number of hydrazine groups is 1. The van der Waals surface area contributed by atoms with Crippen LogP contribution in [0.1, 0.15) is 5.56 Å². The Morgan fingerprint density at radius 2 is 2.21 bits per heavy atom. The van der Waals surface area contributed by atoms with Crippen molar-refractivity contribution < 1.29 is 4.79 Å². The fraction of sp³-hybridized carbons (Fsp3) is 0.222. The molecule has 0 spiro atoms. The first-order valence-corrected chi connectivity index (χ1v) is 4.44. The summed E-state index contributed by atoms with van der Waals surface area (Å²) < 4.78 is 0. The van der Waals surface area contributed by atoms with E-state index in [1.165, 1.54) is 7.05 Å². The first-order valence-electron chi connectivity index (χ1n) is 4.06. The Morgan fingerprint density at radius 1 is 1.57 bits per heavy atom. The highest BCUT2D eigenvalue weighted by molar-refractivity contribution is 6.30. The van der Waals surface area contributed by atoms with Crippen LogP contribution in [0.25, 0.3) is 0 Å². The first kappa shape index (κ1) is 10.8.